The fourth-order valence-corrected chi connectivity index (χ4v) is 2.88. The smallest absolute Gasteiger partial charge is 0.326 e. The molecule has 1 aliphatic heterocycles. The van der Waals surface area contributed by atoms with Crippen molar-refractivity contribution in [1.29, 1.82) is 0 Å². The van der Waals surface area contributed by atoms with Gasteiger partial charge in [0.05, 0.1) is 0 Å². The van der Waals surface area contributed by atoms with E-state index in [4.69, 9.17) is 5.11 Å². The van der Waals surface area contributed by atoms with Crippen molar-refractivity contribution in [2.45, 2.75) is 18.9 Å². The summed E-state index contributed by atoms with van der Waals surface area (Å²) < 4.78 is 13.0. The number of amides is 1. The van der Waals surface area contributed by atoms with Gasteiger partial charge in [0.1, 0.15) is 11.9 Å². The van der Waals surface area contributed by atoms with E-state index in [1.54, 1.807) is 12.1 Å². The van der Waals surface area contributed by atoms with Crippen LogP contribution in [0.1, 0.15) is 23.2 Å². The lowest BCUT2D eigenvalue weighted by Gasteiger charge is -2.20. The van der Waals surface area contributed by atoms with Gasteiger partial charge in [-0.25, -0.2) is 9.18 Å². The summed E-state index contributed by atoms with van der Waals surface area (Å²) in [6, 6.07) is 6.19. The molecule has 1 atom stereocenters. The molecule has 7 heteroatoms. The van der Waals surface area contributed by atoms with E-state index in [0.717, 1.165) is 4.90 Å². The molecular formula is C18H15FN2O4. The highest BCUT2D eigenvalue weighted by molar-refractivity contribution is 6.43. The number of nitrogens with zero attached hydrogens (tertiary/aromatic N) is 2. The van der Waals surface area contributed by atoms with E-state index in [9.17, 15) is 18.8 Å². The Morgan fingerprint density at radius 3 is 2.52 bits per heavy atom. The molecule has 2 aromatic rings. The van der Waals surface area contributed by atoms with Crippen molar-refractivity contribution in [3.05, 3.63) is 54.1 Å². The van der Waals surface area contributed by atoms with E-state index in [1.165, 1.54) is 30.6 Å². The Bertz CT molecular complexity index is 835. The summed E-state index contributed by atoms with van der Waals surface area (Å²) in [6.45, 7) is 0.243. The van der Waals surface area contributed by atoms with Gasteiger partial charge in [0.25, 0.3) is 11.7 Å². The summed E-state index contributed by atoms with van der Waals surface area (Å²) in [7, 11) is 0. The Morgan fingerprint density at radius 2 is 1.84 bits per heavy atom. The minimum atomic E-state index is -1.11. The molecule has 25 heavy (non-hydrogen) atoms. The molecule has 1 aromatic heterocycles. The lowest BCUT2D eigenvalue weighted by molar-refractivity contribution is -0.146. The first kappa shape index (κ1) is 16.8. The zero-order chi connectivity index (χ0) is 18.0. The molecule has 0 spiro atoms. The number of aromatic nitrogens is 1. The third-order valence-electron chi connectivity index (χ3n) is 4.17. The Labute approximate surface area is 142 Å². The molecule has 0 bridgehead atoms. The number of carbonyl (C=O) groups is 3. The number of carboxylic acids is 1. The summed E-state index contributed by atoms with van der Waals surface area (Å²) in [4.78, 5) is 41.1. The molecule has 1 N–H and O–H groups in total. The van der Waals surface area contributed by atoms with E-state index >= 15 is 0 Å². The second kappa shape index (κ2) is 6.80. The Balaban J connectivity index is 1.85. The van der Waals surface area contributed by atoms with Crippen LogP contribution in [-0.2, 0) is 9.59 Å². The van der Waals surface area contributed by atoms with Gasteiger partial charge in [-0.1, -0.05) is 12.1 Å². The topological polar surface area (TPSA) is 87.6 Å². The fourth-order valence-electron chi connectivity index (χ4n) is 2.88. The maximum atomic E-state index is 13.0. The molecular weight excluding hydrogens is 327 g/mol. The van der Waals surface area contributed by atoms with Gasteiger partial charge in [-0.05, 0) is 36.6 Å². The van der Waals surface area contributed by atoms with E-state index in [1.807, 2.05) is 0 Å². The van der Waals surface area contributed by atoms with E-state index in [0.29, 0.717) is 24.0 Å². The molecule has 0 aliphatic carbocycles. The monoisotopic (exact) mass is 342 g/mol. The second-order valence-corrected chi connectivity index (χ2v) is 5.79. The predicted molar refractivity (Wildman–Crippen MR) is 86.3 cm³/mol. The number of hydrogen-bond donors (Lipinski definition) is 1. The van der Waals surface area contributed by atoms with E-state index in [2.05, 4.69) is 4.98 Å². The van der Waals surface area contributed by atoms with Crippen molar-refractivity contribution >= 4 is 17.7 Å². The van der Waals surface area contributed by atoms with Gasteiger partial charge in [0.2, 0.25) is 0 Å². The molecule has 2 heterocycles. The number of hydrogen-bond acceptors (Lipinski definition) is 4. The minimum absolute atomic E-state index is 0.0721. The largest absolute Gasteiger partial charge is 0.480 e. The predicted octanol–water partition coefficient (Wildman–Crippen LogP) is 2.15. The lowest BCUT2D eigenvalue weighted by atomic mass is 10.0. The van der Waals surface area contributed by atoms with Crippen molar-refractivity contribution in [2.75, 3.05) is 6.54 Å². The summed E-state index contributed by atoms with van der Waals surface area (Å²) in [5.41, 5.74) is 1.29. The van der Waals surface area contributed by atoms with Crippen molar-refractivity contribution < 1.29 is 23.9 Å². The van der Waals surface area contributed by atoms with Gasteiger partial charge in [0.15, 0.2) is 0 Å². The first-order valence-corrected chi connectivity index (χ1v) is 7.76. The number of benzene rings is 1. The first-order chi connectivity index (χ1) is 12.0. The van der Waals surface area contributed by atoms with Crippen LogP contribution in [0, 0.1) is 5.82 Å². The van der Waals surface area contributed by atoms with Gasteiger partial charge in [-0.2, -0.15) is 0 Å². The van der Waals surface area contributed by atoms with Crippen molar-refractivity contribution in [2.24, 2.45) is 0 Å². The molecule has 0 unspecified atom stereocenters. The molecule has 1 aliphatic rings. The van der Waals surface area contributed by atoms with Crippen LogP contribution in [0.3, 0.4) is 0 Å². The first-order valence-electron chi connectivity index (χ1n) is 7.76. The summed E-state index contributed by atoms with van der Waals surface area (Å²) >= 11 is 0. The molecule has 128 valence electrons. The molecule has 3 rings (SSSR count). The van der Waals surface area contributed by atoms with Gasteiger partial charge in [-0.3, -0.25) is 14.6 Å². The van der Waals surface area contributed by atoms with Crippen molar-refractivity contribution in [3.8, 4) is 11.1 Å². The zero-order valence-corrected chi connectivity index (χ0v) is 13.2. The maximum absolute atomic E-state index is 13.0. The van der Waals surface area contributed by atoms with Gasteiger partial charge in [-0.15, -0.1) is 0 Å². The SMILES string of the molecule is O=C(C(=O)N1CCC[C@H]1C(=O)O)c1cncc(-c2ccc(F)cc2)c1. The van der Waals surface area contributed by atoms with Crippen LogP contribution < -0.4 is 0 Å². The minimum Gasteiger partial charge on any atom is -0.480 e. The van der Waals surface area contributed by atoms with Crippen LogP contribution in [0.5, 0.6) is 0 Å². The highest BCUT2D eigenvalue weighted by atomic mass is 19.1. The van der Waals surface area contributed by atoms with Crippen LogP contribution in [0.15, 0.2) is 42.7 Å². The number of Topliss-reactive ketones (excluding diaryl/α,β-unsaturated/α-hetero) is 1. The zero-order valence-electron chi connectivity index (χ0n) is 13.2. The van der Waals surface area contributed by atoms with E-state index in [-0.39, 0.29) is 17.9 Å². The maximum Gasteiger partial charge on any atom is 0.326 e. The average molecular weight is 342 g/mol. The number of likely N-dealkylation sites (tertiary alicyclic amines) is 1. The summed E-state index contributed by atoms with van der Waals surface area (Å²) in [6.07, 6.45) is 3.65. The molecule has 1 aromatic carbocycles. The fraction of sp³-hybridized carbons (Fsp3) is 0.222. The second-order valence-electron chi connectivity index (χ2n) is 5.79. The highest BCUT2D eigenvalue weighted by Gasteiger charge is 2.37. The Kier molecular flexibility index (Phi) is 4.56. The molecule has 0 radical (unpaired) electrons. The number of carboxylic acid groups (broad SMARTS) is 1. The lowest BCUT2D eigenvalue weighted by Crippen LogP contribution is -2.43. The normalized spacial score (nSPS) is 16.7. The third-order valence-corrected chi connectivity index (χ3v) is 4.17. The number of ketones is 1. The average Bonchev–Trinajstić information content (AvgIpc) is 3.11. The van der Waals surface area contributed by atoms with Crippen LogP contribution in [0.4, 0.5) is 4.39 Å². The number of pyridine rings is 1. The van der Waals surface area contributed by atoms with Gasteiger partial charge < -0.3 is 10.0 Å². The highest BCUT2D eigenvalue weighted by Crippen LogP contribution is 2.22. The van der Waals surface area contributed by atoms with E-state index < -0.39 is 23.7 Å². The standard InChI is InChI=1S/C18H15FN2O4/c19-14-5-3-11(4-6-14)12-8-13(10-20-9-12)16(22)17(23)21-7-1-2-15(21)18(24)25/h3-6,8-10,15H,1-2,7H2,(H,24,25)/t15-/m0/s1. The van der Waals surface area contributed by atoms with Gasteiger partial charge in [0, 0.05) is 30.1 Å². The van der Waals surface area contributed by atoms with Crippen LogP contribution >= 0.6 is 0 Å². The molecule has 1 fully saturated rings. The number of aliphatic carboxylic acids is 1. The quantitative estimate of drug-likeness (QED) is 0.679. The van der Waals surface area contributed by atoms with Crippen LogP contribution in [0.25, 0.3) is 11.1 Å². The number of rotatable bonds is 4. The van der Waals surface area contributed by atoms with Crippen LogP contribution in [0.2, 0.25) is 0 Å². The Hall–Kier alpha value is -3.09. The number of halogens is 1. The molecule has 0 saturated carbocycles. The van der Waals surface area contributed by atoms with Crippen LogP contribution in [-0.4, -0.2) is 45.2 Å². The number of carbonyl (C=O) groups excluding carboxylic acids is 2. The molecule has 6 nitrogen and oxygen atoms in total. The third kappa shape index (κ3) is 3.40. The summed E-state index contributed by atoms with van der Waals surface area (Å²) in [5.74, 6) is -3.14. The molecule has 1 amide bonds. The van der Waals surface area contributed by atoms with Crippen molar-refractivity contribution in [3.63, 3.8) is 0 Å². The van der Waals surface area contributed by atoms with Gasteiger partial charge >= 0.3 is 5.97 Å². The summed E-state index contributed by atoms with van der Waals surface area (Å²) in [5, 5.41) is 9.15. The molecule has 1 saturated heterocycles. The van der Waals surface area contributed by atoms with Crippen molar-refractivity contribution in [1.82, 2.24) is 9.88 Å². The Morgan fingerprint density at radius 1 is 1.12 bits per heavy atom.